The Labute approximate surface area is 258 Å². The highest BCUT2D eigenvalue weighted by molar-refractivity contribution is 6.28. The second kappa shape index (κ2) is 10.1. The zero-order valence-corrected chi connectivity index (χ0v) is 24.7. The van der Waals surface area contributed by atoms with Crippen molar-refractivity contribution in [3.05, 3.63) is 113 Å². The Kier molecular flexibility index (Phi) is 6.41. The number of hydrogen-bond acceptors (Lipinski definition) is 9. The summed E-state index contributed by atoms with van der Waals surface area (Å²) in [5, 5.41) is 0. The van der Waals surface area contributed by atoms with Crippen LogP contribution in [0, 0.1) is 11.8 Å². The molecule has 4 aliphatic rings. The Bertz CT molecular complexity index is 1780. The van der Waals surface area contributed by atoms with E-state index in [-0.39, 0.29) is 12.1 Å². The van der Waals surface area contributed by atoms with Gasteiger partial charge in [-0.25, -0.2) is 14.5 Å². The summed E-state index contributed by atoms with van der Waals surface area (Å²) in [6.07, 6.45) is 0. The molecule has 11 nitrogen and oxygen atoms in total. The number of nitrogens with zero attached hydrogens (tertiary/aromatic N) is 3. The summed E-state index contributed by atoms with van der Waals surface area (Å²) in [5.41, 5.74) is -0.423. The van der Waals surface area contributed by atoms with Crippen molar-refractivity contribution in [2.24, 2.45) is 11.8 Å². The molecule has 3 amide bonds. The largest absolute Gasteiger partial charge is 0.466 e. The van der Waals surface area contributed by atoms with Crippen LogP contribution in [0.5, 0.6) is 0 Å². The molecule has 228 valence electrons. The molecular weight excluding hydrogens is 578 g/mol. The second-order valence-corrected chi connectivity index (χ2v) is 11.3. The van der Waals surface area contributed by atoms with E-state index in [0.29, 0.717) is 16.9 Å². The molecule has 2 bridgehead atoms. The molecule has 0 saturated carbocycles. The van der Waals surface area contributed by atoms with E-state index >= 15 is 0 Å². The van der Waals surface area contributed by atoms with Gasteiger partial charge in [0.05, 0.1) is 31.5 Å². The average Bonchev–Trinajstić information content (AvgIpc) is 3.64. The van der Waals surface area contributed by atoms with Crippen LogP contribution in [0.1, 0.15) is 24.1 Å². The quantitative estimate of drug-likeness (QED) is 0.237. The lowest BCUT2D eigenvalue weighted by molar-refractivity contribution is -0.226. The van der Waals surface area contributed by atoms with Crippen molar-refractivity contribution in [3.8, 4) is 0 Å². The van der Waals surface area contributed by atoms with Crippen LogP contribution in [0.3, 0.4) is 0 Å². The van der Waals surface area contributed by atoms with Crippen molar-refractivity contribution in [1.82, 2.24) is 9.80 Å². The third kappa shape index (κ3) is 3.58. The molecule has 4 heterocycles. The van der Waals surface area contributed by atoms with E-state index < -0.39 is 59.0 Å². The van der Waals surface area contributed by atoms with Crippen LogP contribution in [-0.4, -0.2) is 65.1 Å². The first-order chi connectivity index (χ1) is 21.7. The first-order valence-electron chi connectivity index (χ1n) is 14.4. The second-order valence-electron chi connectivity index (χ2n) is 11.3. The number of para-hydroxylation sites is 1. The third-order valence-electron chi connectivity index (χ3n) is 9.26. The maximum Gasteiger partial charge on any atom is 0.349 e. The number of ether oxygens (including phenoxy) is 3. The fraction of sp³-hybridized carbons (Fsp3) is 0.265. The molecule has 4 aliphatic heterocycles. The summed E-state index contributed by atoms with van der Waals surface area (Å²) in [6.45, 7) is 1.75. The zero-order chi connectivity index (χ0) is 31.7. The Morgan fingerprint density at radius 1 is 0.800 bits per heavy atom. The minimum Gasteiger partial charge on any atom is -0.466 e. The van der Waals surface area contributed by atoms with Gasteiger partial charge in [0, 0.05) is 12.2 Å². The smallest absolute Gasteiger partial charge is 0.349 e. The van der Waals surface area contributed by atoms with Crippen molar-refractivity contribution in [1.29, 1.82) is 0 Å². The summed E-state index contributed by atoms with van der Waals surface area (Å²) in [5.74, 6) is -8.95. The fourth-order valence-electron chi connectivity index (χ4n) is 7.45. The lowest BCUT2D eigenvalue weighted by atomic mass is 9.73. The van der Waals surface area contributed by atoms with Crippen LogP contribution >= 0.6 is 0 Å². The van der Waals surface area contributed by atoms with Gasteiger partial charge in [0.25, 0.3) is 11.5 Å². The monoisotopic (exact) mass is 607 g/mol. The molecule has 11 heteroatoms. The normalized spacial score (nSPS) is 28.4. The number of imide groups is 1. The maximum atomic E-state index is 14.9. The van der Waals surface area contributed by atoms with Gasteiger partial charge in [-0.1, -0.05) is 78.9 Å². The molecule has 0 N–H and O–H groups in total. The van der Waals surface area contributed by atoms with E-state index in [0.717, 1.165) is 17.6 Å². The van der Waals surface area contributed by atoms with Crippen LogP contribution in [0.4, 0.5) is 5.69 Å². The van der Waals surface area contributed by atoms with Gasteiger partial charge < -0.3 is 19.1 Å². The Hall–Kier alpha value is -5.29. The molecular formula is C34H29N3O8. The van der Waals surface area contributed by atoms with Gasteiger partial charge >= 0.3 is 11.9 Å². The number of piperidine rings is 1. The lowest BCUT2D eigenvalue weighted by Crippen LogP contribution is -2.70. The molecule has 0 radical (unpaired) electrons. The standard InChI is InChI=1S/C34H29N3O8/c1-20-24(30(40)43-2)27(22-15-9-5-10-16-22)37-31(41)33(32(42)44-3)25-26(29(39)36(28(25)38)23-17-11-6-12-18-23)34(37,45-33)35(20)19-21-13-7-4-8-14-21/h4-18,25-27H,19H2,1-3H3/t25-,26+,27?,33+,34+/m1/s1. The van der Waals surface area contributed by atoms with Gasteiger partial charge in [-0.15, -0.1) is 0 Å². The number of anilines is 1. The topological polar surface area (TPSA) is 123 Å². The van der Waals surface area contributed by atoms with E-state index in [2.05, 4.69) is 0 Å². The third-order valence-corrected chi connectivity index (χ3v) is 9.26. The summed E-state index contributed by atoms with van der Waals surface area (Å²) in [7, 11) is 2.34. The molecule has 3 aromatic carbocycles. The number of benzene rings is 3. The van der Waals surface area contributed by atoms with E-state index in [1.54, 1.807) is 72.5 Å². The van der Waals surface area contributed by atoms with Gasteiger partial charge in [-0.3, -0.25) is 19.3 Å². The van der Waals surface area contributed by atoms with Gasteiger partial charge in [0.1, 0.15) is 11.8 Å². The van der Waals surface area contributed by atoms with Crippen molar-refractivity contribution in [2.45, 2.75) is 31.0 Å². The van der Waals surface area contributed by atoms with Crippen LogP contribution in [-0.2, 0) is 44.7 Å². The SMILES string of the molecule is COC(=O)C1=C(C)N(Cc2ccccc2)[C@]23O[C@](C(=O)OC)(C(=O)N2C1c1ccccc1)[C@H]1C(=O)N(c2ccccc2)C(=O)[C@H]13. The Morgan fingerprint density at radius 3 is 1.98 bits per heavy atom. The zero-order valence-electron chi connectivity index (χ0n) is 24.7. The number of amides is 3. The molecule has 3 saturated heterocycles. The molecule has 0 aromatic heterocycles. The van der Waals surface area contributed by atoms with Crippen molar-refractivity contribution < 1.29 is 38.2 Å². The van der Waals surface area contributed by atoms with E-state index in [1.165, 1.54) is 12.0 Å². The maximum absolute atomic E-state index is 14.9. The number of esters is 2. The number of hydrogen-bond donors (Lipinski definition) is 0. The summed E-state index contributed by atoms with van der Waals surface area (Å²) < 4.78 is 17.1. The summed E-state index contributed by atoms with van der Waals surface area (Å²) in [6, 6.07) is 25.2. The minimum atomic E-state index is -2.50. The molecule has 1 unspecified atom stereocenters. The predicted octanol–water partition coefficient (Wildman–Crippen LogP) is 2.93. The molecule has 7 rings (SSSR count). The molecule has 3 fully saturated rings. The number of fused-ring (bicyclic) bond motifs is 3. The van der Waals surface area contributed by atoms with E-state index in [4.69, 9.17) is 14.2 Å². The highest BCUT2D eigenvalue weighted by Gasteiger charge is 2.88. The van der Waals surface area contributed by atoms with Crippen molar-refractivity contribution in [2.75, 3.05) is 19.1 Å². The highest BCUT2D eigenvalue weighted by Crippen LogP contribution is 2.66. The first-order valence-corrected chi connectivity index (χ1v) is 14.4. The summed E-state index contributed by atoms with van der Waals surface area (Å²) >= 11 is 0. The lowest BCUT2D eigenvalue weighted by Gasteiger charge is -2.55. The van der Waals surface area contributed by atoms with E-state index in [9.17, 15) is 24.0 Å². The molecule has 5 atom stereocenters. The number of carbonyl (C=O) groups excluding carboxylic acids is 5. The minimum absolute atomic E-state index is 0.0612. The van der Waals surface area contributed by atoms with Crippen LogP contribution in [0.2, 0.25) is 0 Å². The van der Waals surface area contributed by atoms with E-state index in [1.807, 2.05) is 30.3 Å². The summed E-state index contributed by atoms with van der Waals surface area (Å²) in [4.78, 5) is 75.2. The van der Waals surface area contributed by atoms with Crippen LogP contribution in [0.25, 0.3) is 0 Å². The van der Waals surface area contributed by atoms with Crippen molar-refractivity contribution >= 4 is 35.3 Å². The van der Waals surface area contributed by atoms with Crippen molar-refractivity contribution in [3.63, 3.8) is 0 Å². The Balaban J connectivity index is 1.55. The van der Waals surface area contributed by atoms with Gasteiger partial charge in [-0.05, 0) is 30.2 Å². The highest BCUT2D eigenvalue weighted by atomic mass is 16.6. The van der Waals surface area contributed by atoms with Crippen LogP contribution in [0.15, 0.2) is 102 Å². The number of methoxy groups -OCH3 is 2. The number of rotatable bonds is 6. The number of allylic oxidation sites excluding steroid dienone is 1. The molecule has 3 aromatic rings. The van der Waals surface area contributed by atoms with Crippen LogP contribution < -0.4 is 4.90 Å². The van der Waals surface area contributed by atoms with Gasteiger partial charge in [0.2, 0.25) is 17.7 Å². The predicted molar refractivity (Wildman–Crippen MR) is 157 cm³/mol. The van der Waals surface area contributed by atoms with Gasteiger partial charge in [0.15, 0.2) is 0 Å². The molecule has 0 aliphatic carbocycles. The molecule has 45 heavy (non-hydrogen) atoms. The fourth-order valence-corrected chi connectivity index (χ4v) is 7.45. The number of carbonyl (C=O) groups is 5. The average molecular weight is 608 g/mol. The Morgan fingerprint density at radius 2 is 1.38 bits per heavy atom. The first kappa shape index (κ1) is 28.5. The molecule has 1 spiro atoms. The van der Waals surface area contributed by atoms with Gasteiger partial charge in [-0.2, -0.15) is 0 Å².